The second-order valence-electron chi connectivity index (χ2n) is 14.1. The van der Waals surface area contributed by atoms with E-state index in [-0.39, 0.29) is 5.41 Å². The van der Waals surface area contributed by atoms with E-state index in [9.17, 15) is 0 Å². The van der Waals surface area contributed by atoms with Crippen molar-refractivity contribution >= 4 is 34.1 Å². The fourth-order valence-electron chi connectivity index (χ4n) is 8.70. The second-order valence-corrected chi connectivity index (χ2v) is 14.1. The monoisotopic (exact) mass is 679 g/mol. The van der Waals surface area contributed by atoms with Crippen LogP contribution in [0.1, 0.15) is 22.3 Å². The number of fused-ring (bicyclic) bond motifs is 6. The molecule has 3 heteroatoms. The van der Waals surface area contributed by atoms with Crippen LogP contribution in [0.15, 0.2) is 200 Å². The molecule has 3 nitrogen and oxygen atoms in total. The molecule has 252 valence electrons. The third-order valence-corrected chi connectivity index (χ3v) is 11.1. The van der Waals surface area contributed by atoms with Gasteiger partial charge in [0, 0.05) is 51.3 Å². The molecule has 1 spiro atoms. The van der Waals surface area contributed by atoms with Crippen LogP contribution in [-0.2, 0) is 18.3 Å². The summed E-state index contributed by atoms with van der Waals surface area (Å²) in [6, 6.07) is 70.3. The molecule has 0 aliphatic heterocycles. The van der Waals surface area contributed by atoms with E-state index in [0.29, 0.717) is 0 Å². The molecule has 0 amide bonds. The summed E-state index contributed by atoms with van der Waals surface area (Å²) in [6.07, 6.45) is 3.74. The van der Waals surface area contributed by atoms with Gasteiger partial charge in [-0.2, -0.15) is 0 Å². The predicted molar refractivity (Wildman–Crippen MR) is 219 cm³/mol. The van der Waals surface area contributed by atoms with Crippen LogP contribution in [0, 0.1) is 0 Å². The molecule has 2 aliphatic carbocycles. The average molecular weight is 680 g/mol. The number of pyridine rings is 1. The lowest BCUT2D eigenvalue weighted by Crippen LogP contribution is -2.26. The number of aromatic nitrogens is 1. The molecule has 0 saturated carbocycles. The van der Waals surface area contributed by atoms with Crippen LogP contribution in [0.2, 0.25) is 0 Å². The number of anilines is 6. The van der Waals surface area contributed by atoms with E-state index < -0.39 is 0 Å². The van der Waals surface area contributed by atoms with Gasteiger partial charge in [0.1, 0.15) is 0 Å². The Balaban J connectivity index is 1.17. The number of benzene rings is 7. The minimum atomic E-state index is -0.236. The van der Waals surface area contributed by atoms with Crippen molar-refractivity contribution in [3.05, 3.63) is 223 Å². The second kappa shape index (κ2) is 12.8. The van der Waals surface area contributed by atoms with Gasteiger partial charge >= 0.3 is 0 Å². The zero-order valence-corrected chi connectivity index (χ0v) is 29.3. The quantitative estimate of drug-likeness (QED) is 0.167. The molecule has 0 bridgehead atoms. The first-order valence-corrected chi connectivity index (χ1v) is 18.4. The maximum absolute atomic E-state index is 4.70. The molecule has 53 heavy (non-hydrogen) atoms. The molecule has 2 aliphatic rings. The number of para-hydroxylation sites is 4. The Morgan fingerprint density at radius 1 is 0.377 bits per heavy atom. The molecule has 0 fully saturated rings. The molecule has 7 aromatic carbocycles. The van der Waals surface area contributed by atoms with E-state index in [1.54, 1.807) is 0 Å². The van der Waals surface area contributed by atoms with Gasteiger partial charge in [0.05, 0.1) is 5.69 Å². The number of hydrogen-bond donors (Lipinski definition) is 0. The third kappa shape index (κ3) is 5.32. The Labute approximate surface area is 311 Å². The van der Waals surface area contributed by atoms with Gasteiger partial charge in [-0.15, -0.1) is 0 Å². The largest absolute Gasteiger partial charge is 0.310 e. The molecule has 0 unspecified atom stereocenters. The molecule has 10 rings (SSSR count). The normalized spacial score (nSPS) is 13.3. The molecule has 8 aromatic rings. The van der Waals surface area contributed by atoms with Crippen molar-refractivity contribution < 1.29 is 0 Å². The van der Waals surface area contributed by atoms with Gasteiger partial charge in [0.2, 0.25) is 0 Å². The number of nitrogens with zero attached hydrogens (tertiary/aromatic N) is 3. The standard InChI is InChI=1S/C50H37N3/c1-5-15-39(16-6-1)52(40-17-7-2-8-18-40)43-26-28-45-46-29-27-44(53(41-19-9-3-10-20-41)42-21-11-4-12-22-42)33-48(46)50(47(45)32-43)34-37-25-24-36(31-38(37)35-50)49-23-13-14-30-51-49/h1-33H,34-35H2. The zero-order valence-electron chi connectivity index (χ0n) is 29.3. The lowest BCUT2D eigenvalue weighted by molar-refractivity contribution is 0.564. The molecule has 0 radical (unpaired) electrons. The van der Waals surface area contributed by atoms with E-state index in [4.69, 9.17) is 4.98 Å². The number of rotatable bonds is 7. The summed E-state index contributed by atoms with van der Waals surface area (Å²) in [7, 11) is 0. The summed E-state index contributed by atoms with van der Waals surface area (Å²) in [5.41, 5.74) is 17.0. The highest BCUT2D eigenvalue weighted by atomic mass is 15.1. The predicted octanol–water partition coefficient (Wildman–Crippen LogP) is 12.8. The van der Waals surface area contributed by atoms with E-state index in [1.807, 2.05) is 12.3 Å². The average Bonchev–Trinajstić information content (AvgIpc) is 3.74. The van der Waals surface area contributed by atoms with Crippen LogP contribution < -0.4 is 9.80 Å². The van der Waals surface area contributed by atoms with Gasteiger partial charge in [-0.3, -0.25) is 4.98 Å². The van der Waals surface area contributed by atoms with Gasteiger partial charge in [-0.1, -0.05) is 103 Å². The Hall–Kier alpha value is -6.71. The van der Waals surface area contributed by atoms with Crippen molar-refractivity contribution in [3.63, 3.8) is 0 Å². The van der Waals surface area contributed by atoms with Crippen LogP contribution in [-0.4, -0.2) is 4.98 Å². The highest BCUT2D eigenvalue weighted by molar-refractivity contribution is 5.89. The molecule has 0 N–H and O–H groups in total. The summed E-state index contributed by atoms with van der Waals surface area (Å²) in [6.45, 7) is 0. The van der Waals surface area contributed by atoms with Crippen molar-refractivity contribution in [1.29, 1.82) is 0 Å². The van der Waals surface area contributed by atoms with Crippen LogP contribution in [0.3, 0.4) is 0 Å². The van der Waals surface area contributed by atoms with Crippen molar-refractivity contribution in [2.45, 2.75) is 18.3 Å². The molecule has 0 saturated heterocycles. The lowest BCUT2D eigenvalue weighted by atomic mass is 9.75. The first-order valence-electron chi connectivity index (χ1n) is 18.4. The first-order chi connectivity index (χ1) is 26.2. The SMILES string of the molecule is c1ccc(N(c2ccccc2)c2ccc3c(c2)C2(Cc4ccc(-c5ccccn5)cc4C2)c2cc(N(c4ccccc4)c4ccccc4)ccc2-3)cc1. The summed E-state index contributed by atoms with van der Waals surface area (Å²) in [4.78, 5) is 9.47. The van der Waals surface area contributed by atoms with Crippen molar-refractivity contribution in [2.24, 2.45) is 0 Å². The molecular weight excluding hydrogens is 643 g/mol. The Morgan fingerprint density at radius 2 is 0.830 bits per heavy atom. The van der Waals surface area contributed by atoms with Crippen LogP contribution >= 0.6 is 0 Å². The maximum Gasteiger partial charge on any atom is 0.0702 e. The smallest absolute Gasteiger partial charge is 0.0702 e. The molecule has 1 aromatic heterocycles. The van der Waals surface area contributed by atoms with Gasteiger partial charge in [0.25, 0.3) is 0 Å². The maximum atomic E-state index is 4.70. The molecule has 1 heterocycles. The summed E-state index contributed by atoms with van der Waals surface area (Å²) in [5.74, 6) is 0. The Kier molecular flexibility index (Phi) is 7.51. The van der Waals surface area contributed by atoms with Crippen molar-refractivity contribution in [2.75, 3.05) is 9.80 Å². The molecular formula is C50H37N3. The van der Waals surface area contributed by atoms with E-state index in [0.717, 1.165) is 52.7 Å². The van der Waals surface area contributed by atoms with Crippen LogP contribution in [0.25, 0.3) is 22.4 Å². The third-order valence-electron chi connectivity index (χ3n) is 11.1. The Bertz CT molecular complexity index is 2340. The fourth-order valence-corrected chi connectivity index (χ4v) is 8.70. The highest BCUT2D eigenvalue weighted by Crippen LogP contribution is 2.58. The van der Waals surface area contributed by atoms with Gasteiger partial charge in [-0.25, -0.2) is 0 Å². The van der Waals surface area contributed by atoms with Crippen molar-refractivity contribution in [3.8, 4) is 22.4 Å². The zero-order chi connectivity index (χ0) is 35.2. The number of hydrogen-bond acceptors (Lipinski definition) is 3. The van der Waals surface area contributed by atoms with Crippen molar-refractivity contribution in [1.82, 2.24) is 4.98 Å². The van der Waals surface area contributed by atoms with E-state index in [1.165, 1.54) is 38.9 Å². The van der Waals surface area contributed by atoms with Crippen LogP contribution in [0.4, 0.5) is 34.1 Å². The first kappa shape index (κ1) is 31.1. The minimum absolute atomic E-state index is 0.236. The summed E-state index contributed by atoms with van der Waals surface area (Å²) < 4.78 is 0. The highest BCUT2D eigenvalue weighted by Gasteiger charge is 2.48. The minimum Gasteiger partial charge on any atom is -0.310 e. The summed E-state index contributed by atoms with van der Waals surface area (Å²) in [5, 5.41) is 0. The van der Waals surface area contributed by atoms with E-state index in [2.05, 4.69) is 198 Å². The topological polar surface area (TPSA) is 19.4 Å². The van der Waals surface area contributed by atoms with Gasteiger partial charge in [-0.05, 0) is 137 Å². The Morgan fingerprint density at radius 3 is 1.28 bits per heavy atom. The van der Waals surface area contributed by atoms with Gasteiger partial charge < -0.3 is 9.80 Å². The van der Waals surface area contributed by atoms with E-state index >= 15 is 0 Å². The fraction of sp³-hybridized carbons (Fsp3) is 0.0600. The van der Waals surface area contributed by atoms with Gasteiger partial charge in [0.15, 0.2) is 0 Å². The van der Waals surface area contributed by atoms with Crippen LogP contribution in [0.5, 0.6) is 0 Å². The summed E-state index contributed by atoms with van der Waals surface area (Å²) >= 11 is 0. The molecule has 0 atom stereocenters. The lowest BCUT2D eigenvalue weighted by Gasteiger charge is -2.31.